The zero-order chi connectivity index (χ0) is 15.1. The van der Waals surface area contributed by atoms with Gasteiger partial charge in [0.15, 0.2) is 0 Å². The molecule has 4 heteroatoms. The van der Waals surface area contributed by atoms with E-state index in [0.29, 0.717) is 5.82 Å². The molecule has 0 saturated heterocycles. The monoisotopic (exact) mass is 289 g/mol. The number of anilines is 2. The smallest absolute Gasteiger partial charge is 0.147 e. The maximum atomic E-state index is 6.09. The number of para-hydroxylation sites is 2. The maximum absolute atomic E-state index is 6.09. The predicted molar refractivity (Wildman–Crippen MR) is 90.9 cm³/mol. The van der Waals surface area contributed by atoms with Crippen molar-refractivity contribution in [1.82, 2.24) is 4.98 Å². The second kappa shape index (κ2) is 4.77. The molecule has 0 aliphatic heterocycles. The van der Waals surface area contributed by atoms with E-state index in [0.717, 1.165) is 38.8 Å². The fourth-order valence-electron chi connectivity index (χ4n) is 2.92. The first kappa shape index (κ1) is 12.7. The van der Waals surface area contributed by atoms with Gasteiger partial charge in [0.05, 0.1) is 5.69 Å². The Labute approximate surface area is 127 Å². The van der Waals surface area contributed by atoms with Crippen molar-refractivity contribution in [3.63, 3.8) is 0 Å². The lowest BCUT2D eigenvalue weighted by Crippen LogP contribution is -2.00. The van der Waals surface area contributed by atoms with Crippen molar-refractivity contribution < 1.29 is 4.42 Å². The quantitative estimate of drug-likeness (QED) is 0.578. The van der Waals surface area contributed by atoms with Crippen LogP contribution in [-0.2, 0) is 0 Å². The van der Waals surface area contributed by atoms with Crippen LogP contribution in [0.15, 0.2) is 59.1 Å². The van der Waals surface area contributed by atoms with Crippen LogP contribution in [0, 0.1) is 0 Å². The first-order chi connectivity index (χ1) is 10.8. The van der Waals surface area contributed by atoms with E-state index in [1.54, 1.807) is 6.20 Å². The summed E-state index contributed by atoms with van der Waals surface area (Å²) < 4.78 is 6.09. The molecule has 0 bridgehead atoms. The number of hydrogen-bond acceptors (Lipinski definition) is 4. The van der Waals surface area contributed by atoms with E-state index in [4.69, 9.17) is 10.2 Å². The molecule has 0 unspecified atom stereocenters. The summed E-state index contributed by atoms with van der Waals surface area (Å²) in [5, 5.41) is 5.35. The summed E-state index contributed by atoms with van der Waals surface area (Å²) in [6, 6.07) is 16.2. The molecular weight excluding hydrogens is 274 g/mol. The zero-order valence-corrected chi connectivity index (χ0v) is 12.1. The molecule has 4 rings (SSSR count). The Hall–Kier alpha value is -3.01. The Bertz CT molecular complexity index is 988. The fourth-order valence-corrected chi connectivity index (χ4v) is 2.92. The van der Waals surface area contributed by atoms with Crippen LogP contribution in [0.4, 0.5) is 11.5 Å². The van der Waals surface area contributed by atoms with Gasteiger partial charge in [-0.15, -0.1) is 0 Å². The molecule has 0 saturated carbocycles. The van der Waals surface area contributed by atoms with E-state index < -0.39 is 0 Å². The summed E-state index contributed by atoms with van der Waals surface area (Å²) in [5.41, 5.74) is 10.5. The Kier molecular flexibility index (Phi) is 2.76. The first-order valence-corrected chi connectivity index (χ1v) is 7.12. The average Bonchev–Trinajstić information content (AvgIpc) is 2.93. The molecule has 0 aliphatic rings. The van der Waals surface area contributed by atoms with E-state index in [2.05, 4.69) is 22.4 Å². The molecule has 22 heavy (non-hydrogen) atoms. The van der Waals surface area contributed by atoms with Gasteiger partial charge < -0.3 is 15.5 Å². The third-order valence-corrected chi connectivity index (χ3v) is 3.92. The highest BCUT2D eigenvalue weighted by atomic mass is 16.3. The molecule has 0 atom stereocenters. The summed E-state index contributed by atoms with van der Waals surface area (Å²) in [7, 11) is 1.84. The lowest BCUT2D eigenvalue weighted by atomic mass is 10.0. The minimum atomic E-state index is 0.480. The molecule has 0 fully saturated rings. The Morgan fingerprint density at radius 2 is 1.77 bits per heavy atom. The third-order valence-electron chi connectivity index (χ3n) is 3.92. The molecule has 4 nitrogen and oxygen atoms in total. The number of nitrogens with zero attached hydrogens (tertiary/aromatic N) is 1. The number of fused-ring (bicyclic) bond motifs is 3. The topological polar surface area (TPSA) is 64.1 Å². The molecule has 4 aromatic rings. The van der Waals surface area contributed by atoms with Gasteiger partial charge in [-0.25, -0.2) is 4.98 Å². The van der Waals surface area contributed by atoms with Crippen molar-refractivity contribution in [2.45, 2.75) is 0 Å². The minimum absolute atomic E-state index is 0.480. The van der Waals surface area contributed by atoms with Crippen LogP contribution in [0.2, 0.25) is 0 Å². The number of nitrogens with two attached hydrogens (primary N) is 1. The Morgan fingerprint density at radius 1 is 0.955 bits per heavy atom. The molecule has 2 aromatic carbocycles. The van der Waals surface area contributed by atoms with Gasteiger partial charge in [0.1, 0.15) is 17.0 Å². The van der Waals surface area contributed by atoms with Crippen molar-refractivity contribution in [3.05, 3.63) is 54.7 Å². The predicted octanol–water partition coefficient (Wildman–Crippen LogP) is 4.27. The van der Waals surface area contributed by atoms with Crippen LogP contribution in [0.1, 0.15) is 0 Å². The molecule has 2 heterocycles. The third kappa shape index (κ3) is 1.74. The molecule has 2 aromatic heterocycles. The van der Waals surface area contributed by atoms with Crippen LogP contribution < -0.4 is 11.1 Å². The van der Waals surface area contributed by atoms with E-state index >= 15 is 0 Å². The maximum Gasteiger partial charge on any atom is 0.147 e. The van der Waals surface area contributed by atoms with Gasteiger partial charge in [-0.3, -0.25) is 0 Å². The number of pyridine rings is 1. The highest BCUT2D eigenvalue weighted by Crippen LogP contribution is 2.39. The number of nitrogen functional groups attached to an aromatic ring is 1. The highest BCUT2D eigenvalue weighted by Gasteiger charge is 2.15. The zero-order valence-electron chi connectivity index (χ0n) is 12.1. The van der Waals surface area contributed by atoms with Gasteiger partial charge in [0.2, 0.25) is 0 Å². The van der Waals surface area contributed by atoms with Crippen LogP contribution in [-0.4, -0.2) is 12.0 Å². The summed E-state index contributed by atoms with van der Waals surface area (Å²) in [4.78, 5) is 4.14. The highest BCUT2D eigenvalue weighted by molar-refractivity contribution is 6.10. The second-order valence-electron chi connectivity index (χ2n) is 5.15. The van der Waals surface area contributed by atoms with E-state index in [-0.39, 0.29) is 0 Å². The molecule has 0 amide bonds. The van der Waals surface area contributed by atoms with Crippen molar-refractivity contribution in [2.24, 2.45) is 0 Å². The largest absolute Gasteiger partial charge is 0.455 e. The second-order valence-corrected chi connectivity index (χ2v) is 5.15. The number of aromatic nitrogens is 1. The number of furan rings is 1. The summed E-state index contributed by atoms with van der Waals surface area (Å²) >= 11 is 0. The normalized spacial score (nSPS) is 11.1. The van der Waals surface area contributed by atoms with Crippen LogP contribution in [0.25, 0.3) is 33.1 Å². The standard InChI is InChI=1S/C18H15N3O/c1-20-16-12(9-10-21-18(16)19)14-7-4-6-13-11-5-2-3-8-15(11)22-17(13)14/h2-10,20H,1H3,(H2,19,21). The SMILES string of the molecule is CNc1c(-c2cccc3c2oc2ccccc23)ccnc1N. The van der Waals surface area contributed by atoms with Gasteiger partial charge in [0, 0.05) is 35.1 Å². The molecule has 0 spiro atoms. The number of nitrogens with one attached hydrogen (secondary N) is 1. The van der Waals surface area contributed by atoms with Gasteiger partial charge in [-0.2, -0.15) is 0 Å². The summed E-state index contributed by atoms with van der Waals surface area (Å²) in [6.07, 6.45) is 1.72. The van der Waals surface area contributed by atoms with Crippen molar-refractivity contribution >= 4 is 33.4 Å². The molecule has 108 valence electrons. The van der Waals surface area contributed by atoms with Crippen molar-refractivity contribution in [1.29, 1.82) is 0 Å². The van der Waals surface area contributed by atoms with Gasteiger partial charge in [-0.05, 0) is 12.1 Å². The Morgan fingerprint density at radius 3 is 2.64 bits per heavy atom. The van der Waals surface area contributed by atoms with E-state index in [1.807, 2.05) is 43.4 Å². The van der Waals surface area contributed by atoms with Crippen molar-refractivity contribution in [3.8, 4) is 11.1 Å². The minimum Gasteiger partial charge on any atom is -0.455 e. The van der Waals surface area contributed by atoms with E-state index in [1.165, 1.54) is 0 Å². The first-order valence-electron chi connectivity index (χ1n) is 7.12. The lowest BCUT2D eigenvalue weighted by molar-refractivity contribution is 0.670. The molecule has 0 radical (unpaired) electrons. The Balaban J connectivity index is 2.10. The van der Waals surface area contributed by atoms with Crippen LogP contribution in [0.5, 0.6) is 0 Å². The van der Waals surface area contributed by atoms with E-state index in [9.17, 15) is 0 Å². The van der Waals surface area contributed by atoms with Gasteiger partial charge in [0.25, 0.3) is 0 Å². The summed E-state index contributed by atoms with van der Waals surface area (Å²) in [5.74, 6) is 0.480. The average molecular weight is 289 g/mol. The number of hydrogen-bond donors (Lipinski definition) is 2. The number of rotatable bonds is 2. The van der Waals surface area contributed by atoms with Crippen LogP contribution >= 0.6 is 0 Å². The lowest BCUT2D eigenvalue weighted by Gasteiger charge is -2.11. The molecular formula is C18H15N3O. The summed E-state index contributed by atoms with van der Waals surface area (Å²) in [6.45, 7) is 0. The fraction of sp³-hybridized carbons (Fsp3) is 0.0556. The van der Waals surface area contributed by atoms with Gasteiger partial charge in [-0.1, -0.05) is 36.4 Å². The van der Waals surface area contributed by atoms with Crippen LogP contribution in [0.3, 0.4) is 0 Å². The molecule has 3 N–H and O–H groups in total. The van der Waals surface area contributed by atoms with Crippen molar-refractivity contribution in [2.75, 3.05) is 18.1 Å². The molecule has 0 aliphatic carbocycles. The van der Waals surface area contributed by atoms with Gasteiger partial charge >= 0.3 is 0 Å². The number of benzene rings is 2.